The van der Waals surface area contributed by atoms with Crippen LogP contribution in [-0.4, -0.2) is 21.6 Å². The number of rotatable bonds is 4. The van der Waals surface area contributed by atoms with Crippen molar-refractivity contribution >= 4 is 21.6 Å². The molecule has 2 aromatic carbocycles. The summed E-state index contributed by atoms with van der Waals surface area (Å²) in [6.45, 7) is 2.63. The molecule has 2 aromatic rings. The zero-order valence-electron chi connectivity index (χ0n) is 12.5. The summed E-state index contributed by atoms with van der Waals surface area (Å²) in [5.41, 5.74) is 0.790. The van der Waals surface area contributed by atoms with Gasteiger partial charge in [-0.3, -0.25) is 0 Å². The number of fused-ring (bicyclic) bond motifs is 1. The molecule has 1 N–H and O–H groups in total. The molecule has 0 fully saturated rings. The summed E-state index contributed by atoms with van der Waals surface area (Å²) in [6.07, 6.45) is 0. The molecule has 0 aliphatic carbocycles. The predicted octanol–water partition coefficient (Wildman–Crippen LogP) is 3.15. The van der Waals surface area contributed by atoms with Crippen molar-refractivity contribution in [1.82, 2.24) is 4.72 Å². The molecule has 1 atom stereocenters. The Labute approximate surface area is 140 Å². The molecule has 1 unspecified atom stereocenters. The molecule has 7 heteroatoms. The van der Waals surface area contributed by atoms with Crippen LogP contribution in [0.2, 0.25) is 5.02 Å². The van der Waals surface area contributed by atoms with Gasteiger partial charge in [0.1, 0.15) is 13.2 Å². The molecule has 1 aliphatic heterocycles. The van der Waals surface area contributed by atoms with E-state index >= 15 is 0 Å². The third-order valence-corrected chi connectivity index (χ3v) is 5.28. The highest BCUT2D eigenvalue weighted by Gasteiger charge is 2.21. The minimum Gasteiger partial charge on any atom is -0.486 e. The summed E-state index contributed by atoms with van der Waals surface area (Å²) in [4.78, 5) is 0.135. The molecular formula is C16H16ClNO4S. The van der Waals surface area contributed by atoms with Crippen LogP contribution in [0.4, 0.5) is 0 Å². The van der Waals surface area contributed by atoms with Crippen LogP contribution >= 0.6 is 11.6 Å². The van der Waals surface area contributed by atoms with Crippen molar-refractivity contribution in [3.05, 3.63) is 53.1 Å². The topological polar surface area (TPSA) is 64.6 Å². The highest BCUT2D eigenvalue weighted by molar-refractivity contribution is 7.89. The van der Waals surface area contributed by atoms with Crippen LogP contribution in [0.5, 0.6) is 11.5 Å². The van der Waals surface area contributed by atoms with Gasteiger partial charge in [0.25, 0.3) is 0 Å². The Morgan fingerprint density at radius 3 is 2.57 bits per heavy atom. The first-order valence-corrected chi connectivity index (χ1v) is 8.99. The maximum Gasteiger partial charge on any atom is 0.241 e. The van der Waals surface area contributed by atoms with Gasteiger partial charge in [-0.25, -0.2) is 13.1 Å². The molecule has 3 rings (SSSR count). The lowest BCUT2D eigenvalue weighted by Gasteiger charge is -2.20. The largest absolute Gasteiger partial charge is 0.486 e. The fourth-order valence-electron chi connectivity index (χ4n) is 2.34. The van der Waals surface area contributed by atoms with E-state index in [-0.39, 0.29) is 4.90 Å². The van der Waals surface area contributed by atoms with Crippen molar-refractivity contribution in [1.29, 1.82) is 0 Å². The number of hydrogen-bond donors (Lipinski definition) is 1. The van der Waals surface area contributed by atoms with Crippen LogP contribution in [0, 0.1) is 0 Å². The van der Waals surface area contributed by atoms with Gasteiger partial charge < -0.3 is 9.47 Å². The Balaban J connectivity index is 1.84. The zero-order chi connectivity index (χ0) is 16.4. The van der Waals surface area contributed by atoms with Gasteiger partial charge in [0.2, 0.25) is 10.0 Å². The smallest absolute Gasteiger partial charge is 0.241 e. The van der Waals surface area contributed by atoms with Gasteiger partial charge in [0.15, 0.2) is 11.5 Å². The van der Waals surface area contributed by atoms with Gasteiger partial charge in [0.05, 0.1) is 4.90 Å². The molecule has 5 nitrogen and oxygen atoms in total. The molecule has 0 aromatic heterocycles. The highest BCUT2D eigenvalue weighted by Crippen LogP contribution is 2.32. The van der Waals surface area contributed by atoms with Crippen molar-refractivity contribution in [2.24, 2.45) is 0 Å². The second kappa shape index (κ2) is 6.39. The molecule has 1 heterocycles. The number of benzene rings is 2. The van der Waals surface area contributed by atoms with Crippen LogP contribution in [0.3, 0.4) is 0 Å². The summed E-state index contributed by atoms with van der Waals surface area (Å²) in [5, 5.41) is 0.563. The number of nitrogens with one attached hydrogen (secondary N) is 1. The van der Waals surface area contributed by atoms with Crippen molar-refractivity contribution in [3.63, 3.8) is 0 Å². The second-order valence-corrected chi connectivity index (χ2v) is 7.35. The molecule has 0 saturated heterocycles. The van der Waals surface area contributed by atoms with Crippen LogP contribution in [0.15, 0.2) is 47.4 Å². The Kier molecular flexibility index (Phi) is 4.48. The van der Waals surface area contributed by atoms with E-state index in [1.165, 1.54) is 12.1 Å². The molecule has 1 aliphatic rings. The standard InChI is InChI=1S/C16H16ClNO4S/c1-11(12-3-2-4-13(17)9-12)18-23(19,20)14-5-6-15-16(10-14)22-8-7-21-15/h2-6,9-11,18H,7-8H2,1H3. The fourth-order valence-corrected chi connectivity index (χ4v) is 3.78. The van der Waals surface area contributed by atoms with Gasteiger partial charge in [-0.15, -0.1) is 0 Å². The lowest BCUT2D eigenvalue weighted by Crippen LogP contribution is -2.27. The van der Waals surface area contributed by atoms with Crippen LogP contribution in [-0.2, 0) is 10.0 Å². The SMILES string of the molecule is CC(NS(=O)(=O)c1ccc2c(c1)OCCO2)c1cccc(Cl)c1. The van der Waals surface area contributed by atoms with Crippen molar-refractivity contribution in [2.75, 3.05) is 13.2 Å². The van der Waals surface area contributed by atoms with E-state index < -0.39 is 16.1 Å². The van der Waals surface area contributed by atoms with Gasteiger partial charge in [0, 0.05) is 17.1 Å². The van der Waals surface area contributed by atoms with Crippen molar-refractivity contribution < 1.29 is 17.9 Å². The normalized spacial score (nSPS) is 15.2. The molecule has 0 bridgehead atoms. The first-order chi connectivity index (χ1) is 11.0. The van der Waals surface area contributed by atoms with E-state index in [9.17, 15) is 8.42 Å². The molecule has 0 radical (unpaired) electrons. The Hall–Kier alpha value is -1.76. The lowest BCUT2D eigenvalue weighted by molar-refractivity contribution is 0.171. The van der Waals surface area contributed by atoms with E-state index in [0.29, 0.717) is 29.7 Å². The number of ether oxygens (including phenoxy) is 2. The summed E-state index contributed by atoms with van der Waals surface area (Å²) in [6, 6.07) is 11.3. The monoisotopic (exact) mass is 353 g/mol. The molecule has 122 valence electrons. The summed E-state index contributed by atoms with van der Waals surface area (Å²) in [5.74, 6) is 0.993. The average Bonchev–Trinajstić information content (AvgIpc) is 2.54. The first kappa shape index (κ1) is 16.1. The maximum absolute atomic E-state index is 12.5. The highest BCUT2D eigenvalue weighted by atomic mass is 35.5. The molecule has 0 spiro atoms. The zero-order valence-corrected chi connectivity index (χ0v) is 14.0. The van der Waals surface area contributed by atoms with Crippen LogP contribution in [0.25, 0.3) is 0 Å². The second-order valence-electron chi connectivity index (χ2n) is 5.20. The van der Waals surface area contributed by atoms with E-state index in [0.717, 1.165) is 5.56 Å². The Morgan fingerprint density at radius 2 is 1.83 bits per heavy atom. The molecule has 0 amide bonds. The number of hydrogen-bond acceptors (Lipinski definition) is 4. The van der Waals surface area contributed by atoms with E-state index in [2.05, 4.69) is 4.72 Å². The maximum atomic E-state index is 12.5. The van der Waals surface area contributed by atoms with E-state index in [1.54, 1.807) is 31.2 Å². The van der Waals surface area contributed by atoms with E-state index in [1.807, 2.05) is 6.07 Å². The predicted molar refractivity (Wildman–Crippen MR) is 87.6 cm³/mol. The Bertz CT molecular complexity index is 823. The summed E-state index contributed by atoms with van der Waals surface area (Å²) < 4.78 is 38.6. The summed E-state index contributed by atoms with van der Waals surface area (Å²) in [7, 11) is -3.68. The van der Waals surface area contributed by atoms with E-state index in [4.69, 9.17) is 21.1 Å². The van der Waals surface area contributed by atoms with Gasteiger partial charge in [-0.2, -0.15) is 0 Å². The van der Waals surface area contributed by atoms with Gasteiger partial charge in [-0.1, -0.05) is 23.7 Å². The summed E-state index contributed by atoms with van der Waals surface area (Å²) >= 11 is 5.95. The quantitative estimate of drug-likeness (QED) is 0.917. The molecule has 0 saturated carbocycles. The average molecular weight is 354 g/mol. The van der Waals surface area contributed by atoms with Crippen molar-refractivity contribution in [3.8, 4) is 11.5 Å². The van der Waals surface area contributed by atoms with Gasteiger partial charge in [-0.05, 0) is 36.8 Å². The molecular weight excluding hydrogens is 338 g/mol. The van der Waals surface area contributed by atoms with Crippen LogP contribution in [0.1, 0.15) is 18.5 Å². The van der Waals surface area contributed by atoms with Gasteiger partial charge >= 0.3 is 0 Å². The third kappa shape index (κ3) is 3.60. The van der Waals surface area contributed by atoms with Crippen molar-refractivity contribution in [2.45, 2.75) is 17.9 Å². The number of halogens is 1. The lowest BCUT2D eigenvalue weighted by atomic mass is 10.1. The first-order valence-electron chi connectivity index (χ1n) is 7.13. The van der Waals surface area contributed by atoms with Crippen LogP contribution < -0.4 is 14.2 Å². The fraction of sp³-hybridized carbons (Fsp3) is 0.250. The third-order valence-electron chi connectivity index (χ3n) is 3.50. The Morgan fingerprint density at radius 1 is 1.09 bits per heavy atom. The minimum absolute atomic E-state index is 0.135. The molecule has 23 heavy (non-hydrogen) atoms. The number of sulfonamides is 1. The minimum atomic E-state index is -3.68.